The lowest BCUT2D eigenvalue weighted by atomic mass is 9.75. The van der Waals surface area contributed by atoms with Crippen molar-refractivity contribution in [3.63, 3.8) is 0 Å². The Balaban J connectivity index is 1.93. The van der Waals surface area contributed by atoms with Crippen molar-refractivity contribution in [2.24, 2.45) is 11.8 Å². The second-order valence-electron chi connectivity index (χ2n) is 4.65. The van der Waals surface area contributed by atoms with Crippen LogP contribution in [0.5, 0.6) is 0 Å². The van der Waals surface area contributed by atoms with Crippen molar-refractivity contribution in [1.29, 1.82) is 0 Å². The lowest BCUT2D eigenvalue weighted by Crippen LogP contribution is -2.29. The number of aryl methyl sites for hydroxylation is 1. The van der Waals surface area contributed by atoms with Crippen LogP contribution in [-0.2, 0) is 0 Å². The third-order valence-electron chi connectivity index (χ3n) is 3.54. The Labute approximate surface area is 96.8 Å². The van der Waals surface area contributed by atoms with E-state index in [0.717, 1.165) is 23.4 Å². The zero-order chi connectivity index (χ0) is 10.8. The van der Waals surface area contributed by atoms with E-state index in [-0.39, 0.29) is 0 Å². The van der Waals surface area contributed by atoms with Crippen LogP contribution >= 0.6 is 11.6 Å². The van der Waals surface area contributed by atoms with E-state index in [0.29, 0.717) is 0 Å². The fourth-order valence-electron chi connectivity index (χ4n) is 2.11. The highest BCUT2D eigenvalue weighted by molar-refractivity contribution is 6.30. The quantitative estimate of drug-likeness (QED) is 0.814. The number of halogens is 1. The van der Waals surface area contributed by atoms with Gasteiger partial charge in [0.15, 0.2) is 0 Å². The molecule has 1 aromatic carbocycles. The van der Waals surface area contributed by atoms with E-state index in [4.69, 9.17) is 11.6 Å². The molecule has 1 N–H and O–H groups in total. The SMILES string of the molecule is Cc1cc(Cl)ccc1NC[C@H]1CC[C@@H]1C. The summed E-state index contributed by atoms with van der Waals surface area (Å²) in [5.41, 5.74) is 2.45. The maximum Gasteiger partial charge on any atom is 0.0410 e. The highest BCUT2D eigenvalue weighted by atomic mass is 35.5. The summed E-state index contributed by atoms with van der Waals surface area (Å²) in [4.78, 5) is 0. The van der Waals surface area contributed by atoms with Crippen LogP contribution in [0.1, 0.15) is 25.3 Å². The summed E-state index contributed by atoms with van der Waals surface area (Å²) in [6.45, 7) is 5.53. The van der Waals surface area contributed by atoms with Gasteiger partial charge in [-0.05, 0) is 48.9 Å². The largest absolute Gasteiger partial charge is 0.385 e. The Kier molecular flexibility index (Phi) is 3.20. The first-order valence-electron chi connectivity index (χ1n) is 5.67. The van der Waals surface area contributed by atoms with E-state index in [1.165, 1.54) is 24.1 Å². The standard InChI is InChI=1S/C13H18ClN/c1-9-3-4-11(9)8-15-13-6-5-12(14)7-10(13)2/h5-7,9,11,15H,3-4,8H2,1-2H3/t9-,11+/m0/s1. The molecular weight excluding hydrogens is 206 g/mol. The summed E-state index contributed by atoms with van der Waals surface area (Å²) < 4.78 is 0. The van der Waals surface area contributed by atoms with Crippen molar-refractivity contribution in [2.75, 3.05) is 11.9 Å². The van der Waals surface area contributed by atoms with E-state index in [1.807, 2.05) is 12.1 Å². The van der Waals surface area contributed by atoms with E-state index in [9.17, 15) is 0 Å². The predicted molar refractivity (Wildman–Crippen MR) is 66.6 cm³/mol. The third kappa shape index (κ3) is 2.46. The van der Waals surface area contributed by atoms with E-state index in [2.05, 4.69) is 25.2 Å². The van der Waals surface area contributed by atoms with Gasteiger partial charge in [0.25, 0.3) is 0 Å². The molecule has 0 saturated heterocycles. The number of nitrogens with one attached hydrogen (secondary N) is 1. The molecule has 2 rings (SSSR count). The highest BCUT2D eigenvalue weighted by Gasteiger charge is 2.26. The lowest BCUT2D eigenvalue weighted by molar-refractivity contribution is 0.210. The number of hydrogen-bond donors (Lipinski definition) is 1. The molecule has 2 heteroatoms. The second kappa shape index (κ2) is 4.44. The third-order valence-corrected chi connectivity index (χ3v) is 3.78. The topological polar surface area (TPSA) is 12.0 Å². The van der Waals surface area contributed by atoms with Gasteiger partial charge in [0, 0.05) is 17.3 Å². The van der Waals surface area contributed by atoms with Gasteiger partial charge in [0.2, 0.25) is 0 Å². The Bertz CT molecular complexity index is 348. The van der Waals surface area contributed by atoms with Crippen molar-refractivity contribution in [2.45, 2.75) is 26.7 Å². The molecule has 1 aliphatic carbocycles. The van der Waals surface area contributed by atoms with Gasteiger partial charge in [-0.1, -0.05) is 24.9 Å². The first-order valence-corrected chi connectivity index (χ1v) is 6.04. The zero-order valence-electron chi connectivity index (χ0n) is 9.39. The lowest BCUT2D eigenvalue weighted by Gasteiger charge is -2.34. The average molecular weight is 224 g/mol. The number of rotatable bonds is 3. The van der Waals surface area contributed by atoms with Gasteiger partial charge in [-0.2, -0.15) is 0 Å². The van der Waals surface area contributed by atoms with Gasteiger partial charge in [-0.3, -0.25) is 0 Å². The fourth-order valence-corrected chi connectivity index (χ4v) is 2.33. The molecule has 0 spiro atoms. The van der Waals surface area contributed by atoms with Gasteiger partial charge in [0.1, 0.15) is 0 Å². The molecule has 0 heterocycles. The summed E-state index contributed by atoms with van der Waals surface area (Å²) in [7, 11) is 0. The molecule has 0 radical (unpaired) electrons. The molecule has 1 aliphatic rings. The summed E-state index contributed by atoms with van der Waals surface area (Å²) in [5, 5.41) is 4.33. The molecule has 0 aromatic heterocycles. The van der Waals surface area contributed by atoms with Crippen LogP contribution in [0.4, 0.5) is 5.69 Å². The highest BCUT2D eigenvalue weighted by Crippen LogP contribution is 2.33. The molecule has 1 nitrogen and oxygen atoms in total. The van der Waals surface area contributed by atoms with E-state index >= 15 is 0 Å². The first kappa shape index (κ1) is 10.8. The van der Waals surface area contributed by atoms with Crippen molar-refractivity contribution >= 4 is 17.3 Å². The van der Waals surface area contributed by atoms with Crippen LogP contribution in [-0.4, -0.2) is 6.54 Å². The maximum atomic E-state index is 5.91. The first-order chi connectivity index (χ1) is 7.16. The Morgan fingerprint density at radius 3 is 2.73 bits per heavy atom. The summed E-state index contributed by atoms with van der Waals surface area (Å²) in [6.07, 6.45) is 2.77. The smallest absolute Gasteiger partial charge is 0.0410 e. The van der Waals surface area contributed by atoms with Crippen molar-refractivity contribution in [3.8, 4) is 0 Å². The molecule has 0 unspecified atom stereocenters. The normalized spacial score (nSPS) is 24.7. The Morgan fingerprint density at radius 1 is 1.40 bits per heavy atom. The van der Waals surface area contributed by atoms with Crippen LogP contribution in [0.2, 0.25) is 5.02 Å². The molecule has 15 heavy (non-hydrogen) atoms. The molecule has 1 fully saturated rings. The van der Waals surface area contributed by atoms with Gasteiger partial charge in [-0.15, -0.1) is 0 Å². The molecular formula is C13H18ClN. The minimum Gasteiger partial charge on any atom is -0.385 e. The number of benzene rings is 1. The summed E-state index contributed by atoms with van der Waals surface area (Å²) in [6, 6.07) is 6.02. The van der Waals surface area contributed by atoms with Crippen LogP contribution < -0.4 is 5.32 Å². The van der Waals surface area contributed by atoms with Crippen molar-refractivity contribution < 1.29 is 0 Å². The van der Waals surface area contributed by atoms with Crippen LogP contribution in [0.25, 0.3) is 0 Å². The van der Waals surface area contributed by atoms with Gasteiger partial charge in [-0.25, -0.2) is 0 Å². The summed E-state index contributed by atoms with van der Waals surface area (Å²) >= 11 is 5.91. The monoisotopic (exact) mass is 223 g/mol. The van der Waals surface area contributed by atoms with Crippen LogP contribution in [0, 0.1) is 18.8 Å². The van der Waals surface area contributed by atoms with Crippen LogP contribution in [0.15, 0.2) is 18.2 Å². The van der Waals surface area contributed by atoms with E-state index < -0.39 is 0 Å². The average Bonchev–Trinajstić information content (AvgIpc) is 2.19. The second-order valence-corrected chi connectivity index (χ2v) is 5.09. The molecule has 82 valence electrons. The minimum atomic E-state index is 0.815. The summed E-state index contributed by atoms with van der Waals surface area (Å²) in [5.74, 6) is 1.75. The molecule has 2 atom stereocenters. The fraction of sp³-hybridized carbons (Fsp3) is 0.538. The molecule has 0 amide bonds. The maximum absolute atomic E-state index is 5.91. The molecule has 1 saturated carbocycles. The van der Waals surface area contributed by atoms with Crippen LogP contribution in [0.3, 0.4) is 0 Å². The zero-order valence-corrected chi connectivity index (χ0v) is 10.1. The number of anilines is 1. The van der Waals surface area contributed by atoms with Crippen molar-refractivity contribution in [3.05, 3.63) is 28.8 Å². The van der Waals surface area contributed by atoms with Gasteiger partial charge < -0.3 is 5.32 Å². The molecule has 1 aromatic rings. The minimum absolute atomic E-state index is 0.815. The number of hydrogen-bond acceptors (Lipinski definition) is 1. The Morgan fingerprint density at radius 2 is 2.20 bits per heavy atom. The van der Waals surface area contributed by atoms with Gasteiger partial charge in [0.05, 0.1) is 0 Å². The van der Waals surface area contributed by atoms with Gasteiger partial charge >= 0.3 is 0 Å². The van der Waals surface area contributed by atoms with E-state index in [1.54, 1.807) is 0 Å². The predicted octanol–water partition coefficient (Wildman–Crippen LogP) is 4.11. The molecule has 0 aliphatic heterocycles. The molecule has 0 bridgehead atoms. The van der Waals surface area contributed by atoms with Crippen molar-refractivity contribution in [1.82, 2.24) is 0 Å². The Hall–Kier alpha value is -0.690.